The van der Waals surface area contributed by atoms with E-state index in [2.05, 4.69) is 30.0 Å². The number of aryl methyl sites for hydroxylation is 1. The monoisotopic (exact) mass is 722 g/mol. The molecule has 0 N–H and O–H groups in total. The summed E-state index contributed by atoms with van der Waals surface area (Å²) in [5.41, 5.74) is 0.518. The first-order chi connectivity index (χ1) is 24.5. The number of carbonyl (C=O) groups is 1. The van der Waals surface area contributed by atoms with Crippen LogP contribution in [0.2, 0.25) is 5.28 Å². The number of rotatable bonds is 3. The van der Waals surface area contributed by atoms with Crippen LogP contribution in [0.1, 0.15) is 12.2 Å². The molecule has 51 heavy (non-hydrogen) atoms. The van der Waals surface area contributed by atoms with Crippen LogP contribution in [0.25, 0.3) is 39.0 Å². The molecule has 8 rings (SSSR count). The van der Waals surface area contributed by atoms with E-state index >= 15 is 4.39 Å². The van der Waals surface area contributed by atoms with Crippen LogP contribution in [0, 0.1) is 30.2 Å². The molecule has 2 aliphatic rings. The van der Waals surface area contributed by atoms with Crippen molar-refractivity contribution >= 4 is 45.4 Å². The first-order valence-corrected chi connectivity index (χ1v) is 16.1. The highest BCUT2D eigenvalue weighted by molar-refractivity contribution is 6.28. The topological polar surface area (TPSA) is 129 Å². The number of carbonyl (C=O) groups excluding carboxylic acids is 1. The number of hydrogen-bond acceptors (Lipinski definition) is 10. The van der Waals surface area contributed by atoms with Crippen molar-refractivity contribution in [3.63, 3.8) is 0 Å². The van der Waals surface area contributed by atoms with E-state index in [0.717, 1.165) is 18.2 Å². The van der Waals surface area contributed by atoms with Crippen molar-refractivity contribution in [2.45, 2.75) is 38.1 Å². The second-order valence-electron chi connectivity index (χ2n) is 12.3. The SMILES string of the molecule is CO[C@H]1CN(C)C(=O)[C@@H]2C[C@@H](CN2c2nc(Cl)nc3c2cnn3-c2ccc(F)cc2F)Oc2nccc(n2)-c2c(F)c(F)cc3nc(C)n(c23)C1. The van der Waals surface area contributed by atoms with Gasteiger partial charge in [-0.3, -0.25) is 4.79 Å². The Morgan fingerprint density at radius 1 is 1.00 bits per heavy atom. The number of likely N-dealkylation sites (N-methyl/N-ethyl adjacent to an activating group) is 1. The van der Waals surface area contributed by atoms with Gasteiger partial charge in [0.15, 0.2) is 23.1 Å². The van der Waals surface area contributed by atoms with Crippen molar-refractivity contribution in [2.24, 2.45) is 0 Å². The summed E-state index contributed by atoms with van der Waals surface area (Å²) in [5, 5.41) is 4.42. The Morgan fingerprint density at radius 3 is 2.61 bits per heavy atom. The van der Waals surface area contributed by atoms with Crippen molar-refractivity contribution in [1.29, 1.82) is 0 Å². The Bertz CT molecular complexity index is 2370. The zero-order valence-corrected chi connectivity index (χ0v) is 27.9. The van der Waals surface area contributed by atoms with Gasteiger partial charge in [-0.2, -0.15) is 20.1 Å². The highest BCUT2D eigenvalue weighted by Gasteiger charge is 2.42. The van der Waals surface area contributed by atoms with Crippen molar-refractivity contribution in [1.82, 2.24) is 44.2 Å². The molecule has 2 aliphatic heterocycles. The molecule has 0 unspecified atom stereocenters. The molecule has 6 heterocycles. The zero-order chi connectivity index (χ0) is 35.7. The lowest BCUT2D eigenvalue weighted by Crippen LogP contribution is -2.47. The number of anilines is 1. The van der Waals surface area contributed by atoms with E-state index in [1.807, 2.05) is 0 Å². The number of nitrogens with zero attached hydrogens (tertiary/aromatic N) is 10. The summed E-state index contributed by atoms with van der Waals surface area (Å²) in [6, 6.07) is 4.52. The van der Waals surface area contributed by atoms with Crippen molar-refractivity contribution in [3.05, 3.63) is 77.1 Å². The molecule has 0 aliphatic carbocycles. The molecule has 1 amide bonds. The average molecular weight is 723 g/mol. The summed E-state index contributed by atoms with van der Waals surface area (Å²) in [6.45, 7) is 2.04. The van der Waals surface area contributed by atoms with Gasteiger partial charge in [0.25, 0.3) is 0 Å². The maximum atomic E-state index is 15.7. The van der Waals surface area contributed by atoms with Gasteiger partial charge < -0.3 is 23.8 Å². The van der Waals surface area contributed by atoms with Gasteiger partial charge in [0.05, 0.1) is 53.1 Å². The number of fused-ring (bicyclic) bond motifs is 6. The van der Waals surface area contributed by atoms with Crippen LogP contribution < -0.4 is 9.64 Å². The Kier molecular flexibility index (Phi) is 7.98. The highest BCUT2D eigenvalue weighted by atomic mass is 35.5. The zero-order valence-electron chi connectivity index (χ0n) is 27.2. The molecule has 0 saturated carbocycles. The summed E-state index contributed by atoms with van der Waals surface area (Å²) in [6.07, 6.45) is 1.61. The Balaban J connectivity index is 1.25. The molecule has 6 aromatic rings. The minimum atomic E-state index is -1.11. The van der Waals surface area contributed by atoms with Gasteiger partial charge in [0.2, 0.25) is 11.2 Å². The molecular formula is C33H27ClF4N10O3. The summed E-state index contributed by atoms with van der Waals surface area (Å²) in [4.78, 5) is 39.5. The van der Waals surface area contributed by atoms with Crippen LogP contribution in [-0.4, -0.2) is 95.6 Å². The predicted octanol–water partition coefficient (Wildman–Crippen LogP) is 4.65. The maximum absolute atomic E-state index is 15.7. The second-order valence-corrected chi connectivity index (χ2v) is 12.7. The van der Waals surface area contributed by atoms with Crippen LogP contribution >= 0.6 is 11.6 Å². The number of methoxy groups -OCH3 is 1. The fraction of sp³-hybridized carbons (Fsp3) is 0.303. The van der Waals surface area contributed by atoms with Crippen LogP contribution in [0.5, 0.6) is 6.01 Å². The Labute approximate surface area is 291 Å². The van der Waals surface area contributed by atoms with E-state index in [9.17, 15) is 18.0 Å². The molecule has 1 saturated heterocycles. The number of halogens is 5. The maximum Gasteiger partial charge on any atom is 0.317 e. The van der Waals surface area contributed by atoms with Crippen LogP contribution in [0.3, 0.4) is 0 Å². The van der Waals surface area contributed by atoms with Gasteiger partial charge in [-0.15, -0.1) is 0 Å². The molecule has 18 heteroatoms. The lowest BCUT2D eigenvalue weighted by atomic mass is 10.1. The summed E-state index contributed by atoms with van der Waals surface area (Å²) in [7, 11) is 3.12. The standard InChI is InChI=1S/C33H27ClF4N10O3/c1-15-41-23-10-21(37)27(38)26-22-6-7-39-33(42-22)51-17-9-25(31(49)45(2)12-18(50-3)14-46(15)28(23)26)47(13-17)29-19-11-40-48(30(19)44-32(34)43-29)24-5-4-16(35)8-20(24)36/h4-8,10-11,17-18,25H,9,12-14H2,1-3H3/t17-,18-,25-/m0/s1. The van der Waals surface area contributed by atoms with E-state index in [1.165, 1.54) is 41.2 Å². The van der Waals surface area contributed by atoms with E-state index in [-0.39, 0.29) is 77.2 Å². The highest BCUT2D eigenvalue weighted by Crippen LogP contribution is 2.37. The molecule has 262 valence electrons. The van der Waals surface area contributed by atoms with E-state index < -0.39 is 41.5 Å². The fourth-order valence-corrected chi connectivity index (χ4v) is 6.99. The molecule has 4 aromatic heterocycles. The van der Waals surface area contributed by atoms with Crippen LogP contribution in [0.4, 0.5) is 23.4 Å². The number of benzene rings is 2. The third kappa shape index (κ3) is 5.56. The fourth-order valence-electron chi connectivity index (χ4n) is 6.83. The normalized spacial score (nSPS) is 19.5. The summed E-state index contributed by atoms with van der Waals surface area (Å²) < 4.78 is 74.1. The van der Waals surface area contributed by atoms with Gasteiger partial charge in [0.1, 0.15) is 35.3 Å². The molecule has 13 nitrogen and oxygen atoms in total. The van der Waals surface area contributed by atoms with Crippen molar-refractivity contribution in [2.75, 3.05) is 32.1 Å². The van der Waals surface area contributed by atoms with Gasteiger partial charge >= 0.3 is 6.01 Å². The smallest absolute Gasteiger partial charge is 0.317 e. The third-order valence-corrected chi connectivity index (χ3v) is 9.36. The molecule has 2 aromatic carbocycles. The van der Waals surface area contributed by atoms with Crippen molar-refractivity contribution < 1.29 is 31.8 Å². The largest absolute Gasteiger partial charge is 0.458 e. The van der Waals surface area contributed by atoms with E-state index in [0.29, 0.717) is 16.7 Å². The first-order valence-electron chi connectivity index (χ1n) is 15.8. The quantitative estimate of drug-likeness (QED) is 0.188. The Hall–Kier alpha value is -5.42. The number of aromatic nitrogens is 8. The van der Waals surface area contributed by atoms with Crippen LogP contribution in [0.15, 0.2) is 42.7 Å². The molecule has 0 spiro atoms. The lowest BCUT2D eigenvalue weighted by molar-refractivity contribution is -0.133. The number of imidazole rings is 1. The van der Waals surface area contributed by atoms with E-state index in [1.54, 1.807) is 23.4 Å². The number of amides is 1. The summed E-state index contributed by atoms with van der Waals surface area (Å²) >= 11 is 6.42. The lowest BCUT2D eigenvalue weighted by Gasteiger charge is -2.30. The Morgan fingerprint density at radius 2 is 1.82 bits per heavy atom. The molecule has 0 radical (unpaired) electrons. The molecule has 1 fully saturated rings. The summed E-state index contributed by atoms with van der Waals surface area (Å²) in [5.74, 6) is -3.47. The van der Waals surface area contributed by atoms with Gasteiger partial charge in [-0.05, 0) is 36.7 Å². The van der Waals surface area contributed by atoms with Gasteiger partial charge in [-0.1, -0.05) is 0 Å². The minimum absolute atomic E-state index is 0.0660. The molecule has 3 atom stereocenters. The number of hydrogen-bond donors (Lipinski definition) is 0. The minimum Gasteiger partial charge on any atom is -0.458 e. The number of ether oxygens (including phenoxy) is 2. The first kappa shape index (κ1) is 32.8. The third-order valence-electron chi connectivity index (χ3n) is 9.19. The predicted molar refractivity (Wildman–Crippen MR) is 176 cm³/mol. The average Bonchev–Trinajstić information content (AvgIpc) is 3.79. The molecular weight excluding hydrogens is 696 g/mol. The van der Waals surface area contributed by atoms with E-state index in [4.69, 9.17) is 21.1 Å². The molecule has 4 bridgehead atoms. The van der Waals surface area contributed by atoms with Gasteiger partial charge in [0, 0.05) is 45.5 Å². The van der Waals surface area contributed by atoms with Gasteiger partial charge in [-0.25, -0.2) is 32.2 Å². The van der Waals surface area contributed by atoms with Crippen LogP contribution in [-0.2, 0) is 16.1 Å². The van der Waals surface area contributed by atoms with Crippen molar-refractivity contribution in [3.8, 4) is 23.0 Å². The second kappa shape index (κ2) is 12.4.